The summed E-state index contributed by atoms with van der Waals surface area (Å²) in [5.74, 6) is -0.353. The van der Waals surface area contributed by atoms with Gasteiger partial charge >= 0.3 is 0 Å². The van der Waals surface area contributed by atoms with Crippen molar-refractivity contribution in [2.45, 2.75) is 44.8 Å². The fourth-order valence-electron chi connectivity index (χ4n) is 2.80. The molecule has 1 aliphatic rings. The van der Waals surface area contributed by atoms with Gasteiger partial charge in [-0.1, -0.05) is 50.1 Å². The second-order valence-corrected chi connectivity index (χ2v) is 6.12. The Balaban J connectivity index is 0.00000312. The predicted octanol–water partition coefficient (Wildman–Crippen LogP) is 1.47. The van der Waals surface area contributed by atoms with Crippen molar-refractivity contribution >= 4 is 24.2 Å². The number of nitrogens with zero attached hydrogens (tertiary/aromatic N) is 1. The van der Waals surface area contributed by atoms with Gasteiger partial charge in [-0.3, -0.25) is 9.59 Å². The summed E-state index contributed by atoms with van der Waals surface area (Å²) < 4.78 is 5.30. The molecule has 1 saturated heterocycles. The zero-order valence-electron chi connectivity index (χ0n) is 14.6. The smallest absolute Gasteiger partial charge is 0.249 e. The number of carbonyl (C=O) groups is 2. The van der Waals surface area contributed by atoms with Gasteiger partial charge in [0, 0.05) is 19.1 Å². The number of halogens is 1. The van der Waals surface area contributed by atoms with Crippen LogP contribution in [0.5, 0.6) is 0 Å². The first-order valence-electron chi connectivity index (χ1n) is 8.57. The molecule has 0 saturated carbocycles. The molecule has 2 rings (SSSR count). The number of unbranched alkanes of at least 4 members (excludes halogenated alkanes) is 1. The van der Waals surface area contributed by atoms with Gasteiger partial charge in [-0.05, 0) is 12.0 Å². The van der Waals surface area contributed by atoms with Crippen LogP contribution in [-0.4, -0.2) is 48.6 Å². The normalized spacial score (nSPS) is 18.4. The first-order chi connectivity index (χ1) is 11.7. The van der Waals surface area contributed by atoms with Gasteiger partial charge in [0.25, 0.3) is 0 Å². The van der Waals surface area contributed by atoms with E-state index in [9.17, 15) is 9.59 Å². The van der Waals surface area contributed by atoms with E-state index in [1.807, 2.05) is 30.3 Å². The lowest BCUT2D eigenvalue weighted by atomic mass is 10.1. The number of amides is 2. The monoisotopic (exact) mass is 369 g/mol. The van der Waals surface area contributed by atoms with E-state index in [2.05, 4.69) is 12.2 Å². The van der Waals surface area contributed by atoms with Gasteiger partial charge in [-0.15, -0.1) is 12.4 Å². The van der Waals surface area contributed by atoms with E-state index in [0.29, 0.717) is 13.1 Å². The second-order valence-electron chi connectivity index (χ2n) is 6.12. The largest absolute Gasteiger partial charge is 0.369 e. The molecule has 0 bridgehead atoms. The van der Waals surface area contributed by atoms with Crippen molar-refractivity contribution in [1.82, 2.24) is 10.2 Å². The molecule has 7 heteroatoms. The quantitative estimate of drug-likeness (QED) is 0.726. The van der Waals surface area contributed by atoms with Crippen LogP contribution in [0, 0.1) is 0 Å². The second kappa shape index (κ2) is 11.1. The molecule has 6 nitrogen and oxygen atoms in total. The van der Waals surface area contributed by atoms with Gasteiger partial charge in [0.15, 0.2) is 0 Å². The molecule has 0 radical (unpaired) electrons. The Morgan fingerprint density at radius 2 is 2.12 bits per heavy atom. The summed E-state index contributed by atoms with van der Waals surface area (Å²) in [5, 5.41) is 2.97. The molecule has 3 N–H and O–H groups in total. The Labute approximate surface area is 155 Å². The van der Waals surface area contributed by atoms with Gasteiger partial charge in [0.1, 0.15) is 12.6 Å². The highest BCUT2D eigenvalue weighted by atomic mass is 35.5. The van der Waals surface area contributed by atoms with Crippen molar-refractivity contribution in [3.05, 3.63) is 35.9 Å². The van der Waals surface area contributed by atoms with Crippen molar-refractivity contribution in [3.63, 3.8) is 0 Å². The number of rotatable bonds is 8. The fraction of sp³-hybridized carbons (Fsp3) is 0.556. The molecule has 1 aromatic carbocycles. The van der Waals surface area contributed by atoms with Crippen LogP contribution in [0.25, 0.3) is 0 Å². The Hall–Kier alpha value is -1.63. The lowest BCUT2D eigenvalue weighted by Gasteiger charge is -2.35. The third kappa shape index (κ3) is 6.30. The topological polar surface area (TPSA) is 84.7 Å². The van der Waals surface area contributed by atoms with Gasteiger partial charge < -0.3 is 20.7 Å². The minimum absolute atomic E-state index is 0. The van der Waals surface area contributed by atoms with E-state index < -0.39 is 6.04 Å². The molecule has 1 aliphatic heterocycles. The van der Waals surface area contributed by atoms with Crippen molar-refractivity contribution in [2.75, 3.05) is 19.8 Å². The lowest BCUT2D eigenvalue weighted by Crippen LogP contribution is -2.58. The van der Waals surface area contributed by atoms with E-state index in [4.69, 9.17) is 10.5 Å². The summed E-state index contributed by atoms with van der Waals surface area (Å²) in [7, 11) is 0. The number of hydrogen-bond acceptors (Lipinski definition) is 4. The number of ether oxygens (including phenoxy) is 1. The van der Waals surface area contributed by atoms with Gasteiger partial charge in [0.2, 0.25) is 11.8 Å². The molecule has 1 unspecified atom stereocenters. The number of nitrogens with one attached hydrogen (secondary N) is 1. The maximum atomic E-state index is 12.6. The van der Waals surface area contributed by atoms with Crippen molar-refractivity contribution in [2.24, 2.45) is 5.73 Å². The van der Waals surface area contributed by atoms with Crippen LogP contribution >= 0.6 is 12.4 Å². The van der Waals surface area contributed by atoms with Crippen LogP contribution in [-0.2, 0) is 20.9 Å². The number of hydrogen-bond donors (Lipinski definition) is 2. The Bertz CT molecular complexity index is 542. The van der Waals surface area contributed by atoms with Crippen LogP contribution in [0.3, 0.4) is 0 Å². The minimum atomic E-state index is -0.609. The average molecular weight is 370 g/mol. The number of carbonyl (C=O) groups excluding carboxylic acids is 2. The number of morpholine rings is 1. The molecule has 2 atom stereocenters. The molecule has 140 valence electrons. The van der Waals surface area contributed by atoms with Crippen molar-refractivity contribution in [1.29, 1.82) is 0 Å². The fourth-order valence-corrected chi connectivity index (χ4v) is 2.80. The molecule has 1 heterocycles. The highest BCUT2D eigenvalue weighted by Gasteiger charge is 2.34. The summed E-state index contributed by atoms with van der Waals surface area (Å²) in [5.41, 5.74) is 6.74. The first kappa shape index (κ1) is 21.4. The van der Waals surface area contributed by atoms with E-state index in [-0.39, 0.29) is 43.5 Å². The Kier molecular flexibility index (Phi) is 9.49. The van der Waals surface area contributed by atoms with Crippen LogP contribution in [0.4, 0.5) is 0 Å². The molecule has 1 aromatic rings. The van der Waals surface area contributed by atoms with E-state index in [1.165, 1.54) is 0 Å². The summed E-state index contributed by atoms with van der Waals surface area (Å²) in [6.45, 7) is 3.14. The summed E-state index contributed by atoms with van der Waals surface area (Å²) in [6.07, 6.45) is 2.91. The first-order valence-corrected chi connectivity index (χ1v) is 8.57. The van der Waals surface area contributed by atoms with Gasteiger partial charge in [0.05, 0.1) is 6.61 Å². The molecular weight excluding hydrogens is 342 g/mol. The lowest BCUT2D eigenvalue weighted by molar-refractivity contribution is -0.155. The zero-order chi connectivity index (χ0) is 17.4. The number of nitrogens with two attached hydrogens (primary N) is 1. The highest BCUT2D eigenvalue weighted by Crippen LogP contribution is 2.14. The SMILES string of the molecule is CCCCC(CN)NC(=O)[C@H]1COCC(=O)N1Cc1ccccc1.Cl. The Morgan fingerprint density at radius 3 is 2.76 bits per heavy atom. The van der Waals surface area contributed by atoms with Crippen molar-refractivity contribution in [3.8, 4) is 0 Å². The third-order valence-corrected chi connectivity index (χ3v) is 4.23. The maximum absolute atomic E-state index is 12.6. The molecular formula is C18H28ClN3O3. The zero-order valence-corrected chi connectivity index (χ0v) is 15.5. The van der Waals surface area contributed by atoms with Crippen LogP contribution < -0.4 is 11.1 Å². The summed E-state index contributed by atoms with van der Waals surface area (Å²) in [6, 6.07) is 8.99. The highest BCUT2D eigenvalue weighted by molar-refractivity contribution is 5.89. The standard InChI is InChI=1S/C18H27N3O3.ClH/c1-2-3-9-15(10-19)20-18(23)16-12-24-13-17(22)21(16)11-14-7-5-4-6-8-14;/h4-8,15-16H,2-3,9-13,19H2,1H3,(H,20,23);1H/t15?,16-;/m1./s1. The average Bonchev–Trinajstić information content (AvgIpc) is 2.61. The minimum Gasteiger partial charge on any atom is -0.369 e. The molecule has 25 heavy (non-hydrogen) atoms. The molecule has 1 fully saturated rings. The molecule has 2 amide bonds. The predicted molar refractivity (Wildman–Crippen MR) is 99.4 cm³/mol. The molecule has 0 spiro atoms. The Morgan fingerprint density at radius 1 is 1.40 bits per heavy atom. The third-order valence-electron chi connectivity index (χ3n) is 4.23. The van der Waals surface area contributed by atoms with Crippen LogP contribution in [0.1, 0.15) is 31.7 Å². The van der Waals surface area contributed by atoms with Crippen LogP contribution in [0.15, 0.2) is 30.3 Å². The summed E-state index contributed by atoms with van der Waals surface area (Å²) >= 11 is 0. The molecule has 0 aliphatic carbocycles. The summed E-state index contributed by atoms with van der Waals surface area (Å²) in [4.78, 5) is 26.5. The van der Waals surface area contributed by atoms with E-state index >= 15 is 0 Å². The van der Waals surface area contributed by atoms with Crippen molar-refractivity contribution < 1.29 is 14.3 Å². The molecule has 0 aromatic heterocycles. The maximum Gasteiger partial charge on any atom is 0.249 e. The van der Waals surface area contributed by atoms with E-state index in [0.717, 1.165) is 24.8 Å². The van der Waals surface area contributed by atoms with Gasteiger partial charge in [-0.2, -0.15) is 0 Å². The number of benzene rings is 1. The van der Waals surface area contributed by atoms with Crippen LogP contribution in [0.2, 0.25) is 0 Å². The van der Waals surface area contributed by atoms with E-state index in [1.54, 1.807) is 4.90 Å². The van der Waals surface area contributed by atoms with Gasteiger partial charge in [-0.25, -0.2) is 0 Å².